The first-order valence-electron chi connectivity index (χ1n) is 9.12. The van der Waals surface area contributed by atoms with Crippen molar-refractivity contribution >= 4 is 0 Å². The van der Waals surface area contributed by atoms with E-state index in [4.69, 9.17) is 14.2 Å². The van der Waals surface area contributed by atoms with E-state index < -0.39 is 0 Å². The van der Waals surface area contributed by atoms with Crippen LogP contribution in [0.5, 0.6) is 0 Å². The number of rotatable bonds is 9. The van der Waals surface area contributed by atoms with Crippen LogP contribution >= 0.6 is 0 Å². The van der Waals surface area contributed by atoms with Crippen molar-refractivity contribution in [1.29, 1.82) is 0 Å². The van der Waals surface area contributed by atoms with E-state index in [0.29, 0.717) is 6.79 Å². The molecule has 0 bridgehead atoms. The third-order valence-corrected chi connectivity index (χ3v) is 4.44. The predicted octanol–water partition coefficient (Wildman–Crippen LogP) is 5.53. The molecule has 1 fully saturated rings. The van der Waals surface area contributed by atoms with Crippen LogP contribution < -0.4 is 0 Å². The fourth-order valence-corrected chi connectivity index (χ4v) is 2.92. The number of methoxy groups -OCH3 is 1. The highest BCUT2D eigenvalue weighted by Gasteiger charge is 2.18. The van der Waals surface area contributed by atoms with Gasteiger partial charge in [0.1, 0.15) is 0 Å². The van der Waals surface area contributed by atoms with Crippen LogP contribution in [-0.4, -0.2) is 27.1 Å². The van der Waals surface area contributed by atoms with E-state index in [0.717, 1.165) is 37.9 Å². The van der Waals surface area contributed by atoms with Gasteiger partial charge in [-0.05, 0) is 43.1 Å². The van der Waals surface area contributed by atoms with E-state index in [-0.39, 0.29) is 0 Å². The van der Waals surface area contributed by atoms with Crippen molar-refractivity contribution in [3.8, 4) is 0 Å². The van der Waals surface area contributed by atoms with Crippen LogP contribution in [0.2, 0.25) is 0 Å². The van der Waals surface area contributed by atoms with E-state index >= 15 is 0 Å². The summed E-state index contributed by atoms with van der Waals surface area (Å²) < 4.78 is 14.7. The van der Waals surface area contributed by atoms with Gasteiger partial charge in [-0.3, -0.25) is 0 Å². The molecule has 24 heavy (non-hydrogen) atoms. The second-order valence-electron chi connectivity index (χ2n) is 6.43. The molecule has 0 heterocycles. The average Bonchev–Trinajstić information content (AvgIpc) is 2.63. The van der Waals surface area contributed by atoms with Crippen molar-refractivity contribution in [2.75, 3.05) is 27.1 Å². The Morgan fingerprint density at radius 1 is 1.04 bits per heavy atom. The highest BCUT2D eigenvalue weighted by atomic mass is 16.7. The minimum atomic E-state index is 0.302. The molecule has 0 saturated heterocycles. The predicted molar refractivity (Wildman–Crippen MR) is 100 cm³/mol. The molecule has 0 N–H and O–H groups in total. The molecule has 1 aliphatic rings. The van der Waals surface area contributed by atoms with Gasteiger partial charge < -0.3 is 14.2 Å². The van der Waals surface area contributed by atoms with E-state index in [9.17, 15) is 0 Å². The standard InChI is InChI=1S/C13H18.C8H16O3/c1-11-7-9-13(10-8-11)12-5-3-2-4-6-12;1-3-10-8-11-7-5-4-6-9-2/h2-6,11,13H,7-10H2,1H3;3H,1,4-8H2,2H3. The average molecular weight is 335 g/mol. The number of benzene rings is 1. The second kappa shape index (κ2) is 14.1. The van der Waals surface area contributed by atoms with Crippen molar-refractivity contribution in [1.82, 2.24) is 0 Å². The van der Waals surface area contributed by atoms with Gasteiger partial charge in [-0.2, -0.15) is 0 Å². The van der Waals surface area contributed by atoms with Crippen molar-refractivity contribution in [2.45, 2.75) is 51.4 Å². The summed E-state index contributed by atoms with van der Waals surface area (Å²) in [5.41, 5.74) is 1.55. The van der Waals surface area contributed by atoms with Crippen LogP contribution in [-0.2, 0) is 14.2 Å². The second-order valence-corrected chi connectivity index (χ2v) is 6.43. The first-order chi connectivity index (χ1) is 11.8. The van der Waals surface area contributed by atoms with Crippen molar-refractivity contribution in [3.05, 3.63) is 48.7 Å². The summed E-state index contributed by atoms with van der Waals surface area (Å²) in [4.78, 5) is 0. The lowest BCUT2D eigenvalue weighted by Crippen LogP contribution is -2.10. The van der Waals surface area contributed by atoms with E-state index in [2.05, 4.69) is 43.8 Å². The fraction of sp³-hybridized carbons (Fsp3) is 0.619. The Morgan fingerprint density at radius 2 is 1.71 bits per heavy atom. The highest BCUT2D eigenvalue weighted by molar-refractivity contribution is 5.19. The minimum absolute atomic E-state index is 0.302. The van der Waals surface area contributed by atoms with Crippen molar-refractivity contribution < 1.29 is 14.2 Å². The van der Waals surface area contributed by atoms with Crippen LogP contribution in [0, 0.1) is 5.92 Å². The first kappa shape index (κ1) is 20.7. The molecule has 3 heteroatoms. The normalized spacial score (nSPS) is 19.9. The molecule has 0 radical (unpaired) electrons. The topological polar surface area (TPSA) is 27.7 Å². The lowest BCUT2D eigenvalue weighted by Gasteiger charge is -2.26. The molecule has 1 saturated carbocycles. The lowest BCUT2D eigenvalue weighted by atomic mass is 9.79. The van der Waals surface area contributed by atoms with Gasteiger partial charge in [0.05, 0.1) is 12.9 Å². The number of hydrogen-bond acceptors (Lipinski definition) is 3. The molecule has 0 atom stereocenters. The number of unbranched alkanes of at least 4 members (excludes halogenated alkanes) is 1. The van der Waals surface area contributed by atoms with Crippen LogP contribution in [0.1, 0.15) is 56.9 Å². The smallest absolute Gasteiger partial charge is 0.188 e. The summed E-state index contributed by atoms with van der Waals surface area (Å²) in [7, 11) is 1.70. The summed E-state index contributed by atoms with van der Waals surface area (Å²) in [5, 5.41) is 0. The van der Waals surface area contributed by atoms with E-state index in [1.807, 2.05) is 0 Å². The van der Waals surface area contributed by atoms with Crippen LogP contribution in [0.15, 0.2) is 43.2 Å². The van der Waals surface area contributed by atoms with Gasteiger partial charge in [0.15, 0.2) is 6.79 Å². The molecule has 3 nitrogen and oxygen atoms in total. The largest absolute Gasteiger partial charge is 0.476 e. The fourth-order valence-electron chi connectivity index (χ4n) is 2.92. The number of ether oxygens (including phenoxy) is 3. The maximum Gasteiger partial charge on any atom is 0.188 e. The third kappa shape index (κ3) is 9.74. The van der Waals surface area contributed by atoms with Crippen LogP contribution in [0.4, 0.5) is 0 Å². The number of hydrogen-bond donors (Lipinski definition) is 0. The quantitative estimate of drug-likeness (QED) is 0.338. The molecule has 0 spiro atoms. The molecule has 2 rings (SSSR count). The van der Waals surface area contributed by atoms with Crippen LogP contribution in [0.25, 0.3) is 0 Å². The van der Waals surface area contributed by atoms with Gasteiger partial charge >= 0.3 is 0 Å². The molecule has 0 amide bonds. The van der Waals surface area contributed by atoms with Gasteiger partial charge in [0, 0.05) is 13.7 Å². The van der Waals surface area contributed by atoms with Gasteiger partial charge in [0.25, 0.3) is 0 Å². The minimum Gasteiger partial charge on any atom is -0.476 e. The molecular weight excluding hydrogens is 300 g/mol. The van der Waals surface area contributed by atoms with Crippen molar-refractivity contribution in [2.24, 2.45) is 5.92 Å². The highest BCUT2D eigenvalue weighted by Crippen LogP contribution is 2.35. The summed E-state index contributed by atoms with van der Waals surface area (Å²) in [6, 6.07) is 11.0. The molecular formula is C21H34O3. The SMILES string of the molecule is C=COCOCCCCOC.CC1CCC(c2ccccc2)CC1. The Labute approximate surface area is 148 Å². The van der Waals surface area contributed by atoms with Crippen LogP contribution in [0.3, 0.4) is 0 Å². The van der Waals surface area contributed by atoms with E-state index in [1.54, 1.807) is 12.7 Å². The molecule has 1 aromatic rings. The molecule has 0 aliphatic heterocycles. The summed E-state index contributed by atoms with van der Waals surface area (Å²) >= 11 is 0. The summed E-state index contributed by atoms with van der Waals surface area (Å²) in [5.74, 6) is 1.80. The van der Waals surface area contributed by atoms with Gasteiger partial charge in [-0.15, -0.1) is 0 Å². The maximum atomic E-state index is 5.07. The van der Waals surface area contributed by atoms with Gasteiger partial charge in [-0.25, -0.2) is 0 Å². The summed E-state index contributed by atoms with van der Waals surface area (Å²) in [6.07, 6.45) is 9.03. The summed E-state index contributed by atoms with van der Waals surface area (Å²) in [6.45, 7) is 7.58. The first-order valence-corrected chi connectivity index (χ1v) is 9.12. The molecule has 1 aromatic carbocycles. The Morgan fingerprint density at radius 3 is 2.33 bits per heavy atom. The Kier molecular flexibility index (Phi) is 12.1. The van der Waals surface area contributed by atoms with Gasteiger partial charge in [0.2, 0.25) is 0 Å². The Hall–Kier alpha value is -1.32. The van der Waals surface area contributed by atoms with Crippen molar-refractivity contribution in [3.63, 3.8) is 0 Å². The zero-order valence-electron chi connectivity index (χ0n) is 15.4. The molecule has 0 aromatic heterocycles. The molecule has 136 valence electrons. The Bertz CT molecular complexity index is 397. The molecule has 0 unspecified atom stereocenters. The Balaban J connectivity index is 0.000000245. The third-order valence-electron chi connectivity index (χ3n) is 4.44. The zero-order chi connectivity index (χ0) is 17.5. The maximum absolute atomic E-state index is 5.07. The monoisotopic (exact) mass is 334 g/mol. The van der Waals surface area contributed by atoms with Gasteiger partial charge in [-0.1, -0.05) is 56.7 Å². The zero-order valence-corrected chi connectivity index (χ0v) is 15.4. The van der Waals surface area contributed by atoms with E-state index in [1.165, 1.54) is 31.9 Å². The lowest BCUT2D eigenvalue weighted by molar-refractivity contribution is -0.0135. The molecule has 1 aliphatic carbocycles.